The third-order valence-corrected chi connectivity index (χ3v) is 3.62. The lowest BCUT2D eigenvalue weighted by molar-refractivity contribution is 0.102. The van der Waals surface area contributed by atoms with Crippen LogP contribution in [0.4, 0.5) is 10.1 Å². The molecule has 0 saturated carbocycles. The van der Waals surface area contributed by atoms with Gasteiger partial charge in [0.1, 0.15) is 18.2 Å². The Hall–Kier alpha value is -2.99. The standard InChI is InChI=1S/C19H17FN2O3/c1-12-10-17(16-7-2-13(20)11-18(16)21-12)19(24)22-14-3-5-15(6-4-14)25-9-8-23/h2-7,10-11,23H,8-9H2,1H3,(H,22,24). The van der Waals surface area contributed by atoms with Gasteiger partial charge < -0.3 is 15.2 Å². The highest BCUT2D eigenvalue weighted by Crippen LogP contribution is 2.22. The van der Waals surface area contributed by atoms with Gasteiger partial charge in [0.2, 0.25) is 0 Å². The predicted molar refractivity (Wildman–Crippen MR) is 93.4 cm³/mol. The Morgan fingerprint density at radius 1 is 1.20 bits per heavy atom. The molecule has 0 aliphatic carbocycles. The molecule has 0 unspecified atom stereocenters. The van der Waals surface area contributed by atoms with Crippen LogP contribution in [-0.4, -0.2) is 29.2 Å². The number of benzene rings is 2. The van der Waals surface area contributed by atoms with E-state index in [9.17, 15) is 9.18 Å². The highest BCUT2D eigenvalue weighted by atomic mass is 19.1. The number of rotatable bonds is 5. The number of hydrogen-bond donors (Lipinski definition) is 2. The van der Waals surface area contributed by atoms with E-state index in [1.807, 2.05) is 0 Å². The number of fused-ring (bicyclic) bond motifs is 1. The first kappa shape index (κ1) is 16.9. The maximum absolute atomic E-state index is 13.4. The molecule has 0 spiro atoms. The smallest absolute Gasteiger partial charge is 0.256 e. The van der Waals surface area contributed by atoms with Crippen molar-refractivity contribution in [3.05, 3.63) is 65.6 Å². The van der Waals surface area contributed by atoms with Gasteiger partial charge in [-0.2, -0.15) is 0 Å². The number of hydrogen-bond acceptors (Lipinski definition) is 4. The Morgan fingerprint density at radius 2 is 1.96 bits per heavy atom. The molecule has 0 fully saturated rings. The van der Waals surface area contributed by atoms with Crippen LogP contribution in [-0.2, 0) is 0 Å². The quantitative estimate of drug-likeness (QED) is 0.747. The van der Waals surface area contributed by atoms with Gasteiger partial charge in [0.15, 0.2) is 0 Å². The Morgan fingerprint density at radius 3 is 2.68 bits per heavy atom. The molecule has 2 N–H and O–H groups in total. The first-order chi connectivity index (χ1) is 12.1. The van der Waals surface area contributed by atoms with Crippen LogP contribution in [0.5, 0.6) is 5.75 Å². The van der Waals surface area contributed by atoms with Crippen molar-refractivity contribution in [3.8, 4) is 5.75 Å². The van der Waals surface area contributed by atoms with Gasteiger partial charge in [-0.05, 0) is 49.4 Å². The van der Waals surface area contributed by atoms with Crippen LogP contribution in [0.1, 0.15) is 16.1 Å². The minimum atomic E-state index is -0.393. The van der Waals surface area contributed by atoms with Gasteiger partial charge in [-0.3, -0.25) is 9.78 Å². The molecule has 128 valence electrons. The van der Waals surface area contributed by atoms with Gasteiger partial charge in [-0.15, -0.1) is 0 Å². The van der Waals surface area contributed by atoms with Gasteiger partial charge in [-0.25, -0.2) is 4.39 Å². The Kier molecular flexibility index (Phi) is 4.90. The highest BCUT2D eigenvalue weighted by Gasteiger charge is 2.13. The summed E-state index contributed by atoms with van der Waals surface area (Å²) < 4.78 is 18.7. The van der Waals surface area contributed by atoms with E-state index in [4.69, 9.17) is 9.84 Å². The number of aromatic nitrogens is 1. The van der Waals surface area contributed by atoms with Crippen LogP contribution < -0.4 is 10.1 Å². The van der Waals surface area contributed by atoms with E-state index in [0.29, 0.717) is 33.6 Å². The SMILES string of the molecule is Cc1cc(C(=O)Nc2ccc(OCCO)cc2)c2ccc(F)cc2n1. The molecule has 0 aliphatic heterocycles. The van der Waals surface area contributed by atoms with E-state index in [-0.39, 0.29) is 19.1 Å². The van der Waals surface area contributed by atoms with Gasteiger partial charge in [-0.1, -0.05) is 0 Å². The van der Waals surface area contributed by atoms with Crippen molar-refractivity contribution in [2.24, 2.45) is 0 Å². The second kappa shape index (κ2) is 7.27. The van der Waals surface area contributed by atoms with Crippen LogP contribution in [0.2, 0.25) is 0 Å². The van der Waals surface area contributed by atoms with E-state index >= 15 is 0 Å². The van der Waals surface area contributed by atoms with Crippen LogP contribution in [0.3, 0.4) is 0 Å². The third-order valence-electron chi connectivity index (χ3n) is 3.62. The zero-order valence-corrected chi connectivity index (χ0v) is 13.6. The Bertz CT molecular complexity index is 905. The topological polar surface area (TPSA) is 71.5 Å². The molecule has 0 atom stereocenters. The Balaban J connectivity index is 1.85. The molecule has 2 aromatic carbocycles. The third kappa shape index (κ3) is 3.92. The van der Waals surface area contributed by atoms with Crippen LogP contribution >= 0.6 is 0 Å². The molecule has 6 heteroatoms. The van der Waals surface area contributed by atoms with Crippen molar-refractivity contribution in [1.29, 1.82) is 0 Å². The number of nitrogens with zero attached hydrogens (tertiary/aromatic N) is 1. The number of anilines is 1. The number of carbonyl (C=O) groups is 1. The number of nitrogens with one attached hydrogen (secondary N) is 1. The van der Waals surface area contributed by atoms with Gasteiger partial charge in [0.25, 0.3) is 5.91 Å². The maximum atomic E-state index is 13.4. The van der Waals surface area contributed by atoms with E-state index in [0.717, 1.165) is 0 Å². The predicted octanol–water partition coefficient (Wildman–Crippen LogP) is 3.31. The van der Waals surface area contributed by atoms with Crippen LogP contribution in [0.15, 0.2) is 48.5 Å². The van der Waals surface area contributed by atoms with Crippen molar-refractivity contribution in [1.82, 2.24) is 4.98 Å². The molecule has 0 bridgehead atoms. The summed E-state index contributed by atoms with van der Waals surface area (Å²) in [6, 6.07) is 12.7. The fourth-order valence-corrected chi connectivity index (χ4v) is 2.52. The number of pyridine rings is 1. The minimum Gasteiger partial charge on any atom is -0.491 e. The molecule has 0 aliphatic rings. The Labute approximate surface area is 144 Å². The molecule has 5 nitrogen and oxygen atoms in total. The molecule has 1 heterocycles. The molecule has 1 aromatic heterocycles. The van der Waals surface area contributed by atoms with Gasteiger partial charge in [0, 0.05) is 22.8 Å². The van der Waals surface area contributed by atoms with E-state index in [1.54, 1.807) is 43.3 Å². The molecular weight excluding hydrogens is 323 g/mol. The zero-order chi connectivity index (χ0) is 17.8. The molecule has 0 saturated heterocycles. The van der Waals surface area contributed by atoms with E-state index in [2.05, 4.69) is 10.3 Å². The van der Waals surface area contributed by atoms with Crippen molar-refractivity contribution in [3.63, 3.8) is 0 Å². The summed E-state index contributed by atoms with van der Waals surface area (Å²) in [6.07, 6.45) is 0. The zero-order valence-electron chi connectivity index (χ0n) is 13.6. The summed E-state index contributed by atoms with van der Waals surface area (Å²) >= 11 is 0. The number of ether oxygens (including phenoxy) is 1. The number of aliphatic hydroxyl groups excluding tert-OH is 1. The average Bonchev–Trinajstić information content (AvgIpc) is 2.60. The van der Waals surface area contributed by atoms with Crippen LogP contribution in [0, 0.1) is 12.7 Å². The molecule has 3 aromatic rings. The van der Waals surface area contributed by atoms with E-state index < -0.39 is 5.82 Å². The second-order valence-electron chi connectivity index (χ2n) is 5.52. The van der Waals surface area contributed by atoms with Crippen molar-refractivity contribution in [2.45, 2.75) is 6.92 Å². The van der Waals surface area contributed by atoms with Crippen LogP contribution in [0.25, 0.3) is 10.9 Å². The monoisotopic (exact) mass is 340 g/mol. The number of amides is 1. The molecular formula is C19H17FN2O3. The number of carbonyl (C=O) groups excluding carboxylic acids is 1. The number of aliphatic hydroxyl groups is 1. The largest absolute Gasteiger partial charge is 0.491 e. The van der Waals surface area contributed by atoms with Crippen molar-refractivity contribution in [2.75, 3.05) is 18.5 Å². The summed E-state index contributed by atoms with van der Waals surface area (Å²) in [7, 11) is 0. The van der Waals surface area contributed by atoms with E-state index in [1.165, 1.54) is 12.1 Å². The van der Waals surface area contributed by atoms with Gasteiger partial charge >= 0.3 is 0 Å². The summed E-state index contributed by atoms with van der Waals surface area (Å²) in [5.74, 6) is -0.0886. The average molecular weight is 340 g/mol. The number of halogens is 1. The van der Waals surface area contributed by atoms with Gasteiger partial charge in [0.05, 0.1) is 17.7 Å². The summed E-state index contributed by atoms with van der Waals surface area (Å²) in [5, 5.41) is 12.1. The summed E-state index contributed by atoms with van der Waals surface area (Å²) in [4.78, 5) is 16.9. The fourth-order valence-electron chi connectivity index (χ4n) is 2.52. The van der Waals surface area contributed by atoms with Crippen molar-refractivity contribution < 1.29 is 19.0 Å². The first-order valence-electron chi connectivity index (χ1n) is 7.79. The highest BCUT2D eigenvalue weighted by molar-refractivity contribution is 6.12. The summed E-state index contributed by atoms with van der Waals surface area (Å²) in [6.45, 7) is 1.91. The summed E-state index contributed by atoms with van der Waals surface area (Å²) in [5.41, 5.74) is 2.11. The minimum absolute atomic E-state index is 0.0620. The second-order valence-corrected chi connectivity index (χ2v) is 5.52. The molecule has 0 radical (unpaired) electrons. The lowest BCUT2D eigenvalue weighted by Crippen LogP contribution is -2.13. The number of aryl methyl sites for hydroxylation is 1. The molecule has 25 heavy (non-hydrogen) atoms. The lowest BCUT2D eigenvalue weighted by atomic mass is 10.1. The lowest BCUT2D eigenvalue weighted by Gasteiger charge is -2.10. The molecule has 3 rings (SSSR count). The van der Waals surface area contributed by atoms with Crippen molar-refractivity contribution >= 4 is 22.5 Å². The first-order valence-corrected chi connectivity index (χ1v) is 7.79. The fraction of sp³-hybridized carbons (Fsp3) is 0.158. The maximum Gasteiger partial charge on any atom is 0.256 e. The normalized spacial score (nSPS) is 10.7. The molecule has 1 amide bonds.